The third kappa shape index (κ3) is 3.90. The van der Waals surface area contributed by atoms with Crippen LogP contribution in [0.25, 0.3) is 6.08 Å². The standard InChI is InChI=1S/C16H19BrN2O3S/c1-4-18-16-19(5-2)15(21)13(23-16)8-10-7-11(17)9-12(14(10)20)22-6-3/h7-9,20H,4-6H2,1-3H3. The van der Waals surface area contributed by atoms with Gasteiger partial charge < -0.3 is 9.84 Å². The lowest BCUT2D eigenvalue weighted by molar-refractivity contribution is -0.122. The van der Waals surface area contributed by atoms with E-state index in [-0.39, 0.29) is 11.7 Å². The molecule has 7 heteroatoms. The van der Waals surface area contributed by atoms with Crippen molar-refractivity contribution >= 4 is 44.8 Å². The second-order valence-electron chi connectivity index (χ2n) is 4.69. The van der Waals surface area contributed by atoms with Gasteiger partial charge in [-0.3, -0.25) is 14.7 Å². The van der Waals surface area contributed by atoms with Crippen LogP contribution in [-0.2, 0) is 4.79 Å². The number of carbonyl (C=O) groups is 1. The maximum atomic E-state index is 12.5. The Labute approximate surface area is 148 Å². The number of amidine groups is 1. The summed E-state index contributed by atoms with van der Waals surface area (Å²) < 4.78 is 6.19. The molecule has 0 aromatic heterocycles. The molecule has 0 spiro atoms. The number of hydrogen-bond donors (Lipinski definition) is 1. The topological polar surface area (TPSA) is 62.1 Å². The molecule has 0 bridgehead atoms. The maximum absolute atomic E-state index is 12.5. The summed E-state index contributed by atoms with van der Waals surface area (Å²) in [5.74, 6) is 0.320. The SMILES string of the molecule is CCN=C1SC(=Cc2cc(Br)cc(OCC)c2O)C(=O)N1CC. The normalized spacial score (nSPS) is 18.3. The van der Waals surface area contributed by atoms with E-state index in [0.717, 1.165) is 4.47 Å². The van der Waals surface area contributed by atoms with Crippen molar-refractivity contribution in [3.05, 3.63) is 27.1 Å². The zero-order valence-electron chi connectivity index (χ0n) is 13.3. The lowest BCUT2D eigenvalue weighted by atomic mass is 10.1. The highest BCUT2D eigenvalue weighted by atomic mass is 79.9. The summed E-state index contributed by atoms with van der Waals surface area (Å²) >= 11 is 4.72. The Morgan fingerprint density at radius 3 is 2.74 bits per heavy atom. The van der Waals surface area contributed by atoms with Gasteiger partial charge in [0.2, 0.25) is 0 Å². The van der Waals surface area contributed by atoms with Crippen molar-refractivity contribution in [3.8, 4) is 11.5 Å². The van der Waals surface area contributed by atoms with Crippen molar-refractivity contribution in [2.24, 2.45) is 4.99 Å². The van der Waals surface area contributed by atoms with E-state index in [1.165, 1.54) is 11.8 Å². The molecular weight excluding hydrogens is 380 g/mol. The first kappa shape index (κ1) is 17.9. The first-order valence-electron chi connectivity index (χ1n) is 7.42. The average molecular weight is 399 g/mol. The summed E-state index contributed by atoms with van der Waals surface area (Å²) in [6.45, 7) is 7.33. The van der Waals surface area contributed by atoms with Crippen LogP contribution in [0.4, 0.5) is 0 Å². The predicted molar refractivity (Wildman–Crippen MR) is 97.9 cm³/mol. The summed E-state index contributed by atoms with van der Waals surface area (Å²) in [7, 11) is 0. The van der Waals surface area contributed by atoms with Gasteiger partial charge >= 0.3 is 0 Å². The first-order valence-corrected chi connectivity index (χ1v) is 9.03. The number of aliphatic imine (C=N–C) groups is 1. The molecule has 1 aliphatic rings. The first-order chi connectivity index (χ1) is 11.0. The molecule has 1 saturated heterocycles. The van der Waals surface area contributed by atoms with Crippen molar-refractivity contribution in [1.82, 2.24) is 4.90 Å². The largest absolute Gasteiger partial charge is 0.504 e. The maximum Gasteiger partial charge on any atom is 0.266 e. The van der Waals surface area contributed by atoms with E-state index in [2.05, 4.69) is 20.9 Å². The number of carbonyl (C=O) groups excluding carboxylic acids is 1. The van der Waals surface area contributed by atoms with Crippen LogP contribution in [0, 0.1) is 0 Å². The second-order valence-corrected chi connectivity index (χ2v) is 6.62. The number of phenols is 1. The molecule has 5 nitrogen and oxygen atoms in total. The molecule has 1 aromatic carbocycles. The Hall–Kier alpha value is -1.47. The summed E-state index contributed by atoms with van der Waals surface area (Å²) in [5.41, 5.74) is 0.535. The highest BCUT2D eigenvalue weighted by molar-refractivity contribution is 9.10. The number of nitrogens with zero attached hydrogens (tertiary/aromatic N) is 2. The van der Waals surface area contributed by atoms with Crippen molar-refractivity contribution in [2.75, 3.05) is 19.7 Å². The smallest absolute Gasteiger partial charge is 0.266 e. The number of amides is 1. The Balaban J connectivity index is 2.42. The molecule has 0 saturated carbocycles. The molecule has 0 unspecified atom stereocenters. The number of hydrogen-bond acceptors (Lipinski definition) is 5. The molecule has 1 aliphatic heterocycles. The fourth-order valence-corrected chi connectivity index (χ4v) is 3.70. The number of phenolic OH excluding ortho intramolecular Hbond substituents is 1. The van der Waals surface area contributed by atoms with Gasteiger partial charge in [0, 0.05) is 23.1 Å². The molecule has 2 rings (SSSR count). The van der Waals surface area contributed by atoms with Gasteiger partial charge in [-0.25, -0.2) is 0 Å². The third-order valence-electron chi connectivity index (χ3n) is 3.15. The van der Waals surface area contributed by atoms with E-state index in [4.69, 9.17) is 4.74 Å². The van der Waals surface area contributed by atoms with Crippen LogP contribution in [0.2, 0.25) is 0 Å². The Morgan fingerprint density at radius 2 is 2.13 bits per heavy atom. The minimum atomic E-state index is -0.0953. The van der Waals surface area contributed by atoms with E-state index < -0.39 is 0 Å². The lowest BCUT2D eigenvalue weighted by Gasteiger charge is -2.11. The summed E-state index contributed by atoms with van der Waals surface area (Å²) in [4.78, 5) is 19.0. The number of benzene rings is 1. The fraction of sp³-hybridized carbons (Fsp3) is 0.375. The van der Waals surface area contributed by atoms with Crippen LogP contribution in [0.15, 0.2) is 26.5 Å². The molecule has 0 radical (unpaired) electrons. The predicted octanol–water partition coefficient (Wildman–Crippen LogP) is 3.87. The molecule has 1 N–H and O–H groups in total. The third-order valence-corrected chi connectivity index (χ3v) is 4.66. The molecule has 124 valence electrons. The summed E-state index contributed by atoms with van der Waals surface area (Å²) in [6, 6.07) is 3.46. The van der Waals surface area contributed by atoms with E-state index >= 15 is 0 Å². The summed E-state index contributed by atoms with van der Waals surface area (Å²) in [5, 5.41) is 11.0. The molecule has 1 fully saturated rings. The molecule has 1 heterocycles. The van der Waals surface area contributed by atoms with Crippen molar-refractivity contribution in [2.45, 2.75) is 20.8 Å². The highest BCUT2D eigenvalue weighted by Gasteiger charge is 2.32. The van der Waals surface area contributed by atoms with Crippen molar-refractivity contribution in [3.63, 3.8) is 0 Å². The van der Waals surface area contributed by atoms with Crippen LogP contribution in [0.1, 0.15) is 26.3 Å². The van der Waals surface area contributed by atoms with Crippen LogP contribution in [0.3, 0.4) is 0 Å². The van der Waals surface area contributed by atoms with Gasteiger partial charge in [-0.15, -0.1) is 0 Å². The Morgan fingerprint density at radius 1 is 1.39 bits per heavy atom. The minimum Gasteiger partial charge on any atom is -0.504 e. The van der Waals surface area contributed by atoms with Gasteiger partial charge in [-0.1, -0.05) is 15.9 Å². The van der Waals surface area contributed by atoms with Gasteiger partial charge in [0.15, 0.2) is 16.7 Å². The fourth-order valence-electron chi connectivity index (χ4n) is 2.15. The van der Waals surface area contributed by atoms with Crippen molar-refractivity contribution < 1.29 is 14.6 Å². The second kappa shape index (κ2) is 7.88. The highest BCUT2D eigenvalue weighted by Crippen LogP contribution is 2.38. The molecule has 23 heavy (non-hydrogen) atoms. The number of likely N-dealkylation sites (N-methyl/N-ethyl adjacent to an activating group) is 1. The zero-order valence-corrected chi connectivity index (χ0v) is 15.7. The zero-order chi connectivity index (χ0) is 17.0. The monoisotopic (exact) mass is 398 g/mol. The van der Waals surface area contributed by atoms with Crippen LogP contribution in [0.5, 0.6) is 11.5 Å². The number of ether oxygens (including phenoxy) is 1. The molecule has 1 amide bonds. The van der Waals surface area contributed by atoms with Crippen molar-refractivity contribution in [1.29, 1.82) is 0 Å². The summed E-state index contributed by atoms with van der Waals surface area (Å²) in [6.07, 6.45) is 1.68. The number of rotatable bonds is 5. The molecule has 0 atom stereocenters. The van der Waals surface area contributed by atoms with Crippen LogP contribution in [-0.4, -0.2) is 40.8 Å². The van der Waals surface area contributed by atoms with Crippen LogP contribution >= 0.6 is 27.7 Å². The average Bonchev–Trinajstić information content (AvgIpc) is 2.80. The van der Waals surface area contributed by atoms with Gasteiger partial charge in [-0.05, 0) is 50.7 Å². The van der Waals surface area contributed by atoms with E-state index in [9.17, 15) is 9.90 Å². The van der Waals surface area contributed by atoms with Gasteiger partial charge in [0.25, 0.3) is 5.91 Å². The number of aromatic hydroxyl groups is 1. The Kier molecular flexibility index (Phi) is 6.12. The molecular formula is C16H19BrN2O3S. The van der Waals surface area contributed by atoms with Gasteiger partial charge in [-0.2, -0.15) is 0 Å². The number of thioether (sulfide) groups is 1. The quantitative estimate of drug-likeness (QED) is 0.764. The van der Waals surface area contributed by atoms with Gasteiger partial charge in [0.1, 0.15) is 0 Å². The Bertz CT molecular complexity index is 674. The molecule has 1 aromatic rings. The number of halogens is 1. The van der Waals surface area contributed by atoms with E-state index in [1.54, 1.807) is 23.1 Å². The minimum absolute atomic E-state index is 0.0277. The van der Waals surface area contributed by atoms with Crippen LogP contribution < -0.4 is 4.74 Å². The molecule has 0 aliphatic carbocycles. The van der Waals surface area contributed by atoms with E-state index in [1.807, 2.05) is 20.8 Å². The lowest BCUT2D eigenvalue weighted by Crippen LogP contribution is -2.28. The van der Waals surface area contributed by atoms with Gasteiger partial charge in [0.05, 0.1) is 11.5 Å². The van der Waals surface area contributed by atoms with E-state index in [0.29, 0.717) is 41.1 Å².